The van der Waals surface area contributed by atoms with Crippen LogP contribution >= 0.6 is 0 Å². The van der Waals surface area contributed by atoms with E-state index in [1.54, 1.807) is 21.3 Å². The van der Waals surface area contributed by atoms with Crippen LogP contribution in [0.1, 0.15) is 25.3 Å². The van der Waals surface area contributed by atoms with Crippen molar-refractivity contribution in [1.82, 2.24) is 5.32 Å². The van der Waals surface area contributed by atoms with Crippen LogP contribution in [0, 0.1) is 0 Å². The Morgan fingerprint density at radius 2 is 1.77 bits per heavy atom. The van der Waals surface area contributed by atoms with Crippen molar-refractivity contribution in [2.24, 2.45) is 4.99 Å². The molecule has 0 atom stereocenters. The molecule has 2 N–H and O–H groups in total. The van der Waals surface area contributed by atoms with Crippen molar-refractivity contribution >= 4 is 11.6 Å². The lowest BCUT2D eigenvalue weighted by molar-refractivity contribution is 0.0514. The first-order valence-corrected chi connectivity index (χ1v) is 10.6. The highest BCUT2D eigenvalue weighted by atomic mass is 16.5. The zero-order chi connectivity index (χ0) is 22.1. The second kappa shape index (κ2) is 10.9. The predicted molar refractivity (Wildman–Crippen MR) is 124 cm³/mol. The Hall–Kier alpha value is -2.93. The van der Waals surface area contributed by atoms with E-state index in [0.29, 0.717) is 24.1 Å². The van der Waals surface area contributed by atoms with Crippen molar-refractivity contribution in [2.75, 3.05) is 52.9 Å². The molecule has 168 valence electrons. The lowest BCUT2D eigenvalue weighted by Crippen LogP contribution is -2.46. The zero-order valence-corrected chi connectivity index (χ0v) is 18.9. The first-order chi connectivity index (χ1) is 15.1. The van der Waals surface area contributed by atoms with Gasteiger partial charge < -0.3 is 29.6 Å². The van der Waals surface area contributed by atoms with Crippen LogP contribution in [0.15, 0.2) is 47.5 Å². The van der Waals surface area contributed by atoms with Gasteiger partial charge in [0.05, 0.1) is 20.8 Å². The normalized spacial score (nSPS) is 15.8. The molecular weight excluding hydrogens is 394 g/mol. The summed E-state index contributed by atoms with van der Waals surface area (Å²) < 4.78 is 22.0. The average molecular weight is 428 g/mol. The van der Waals surface area contributed by atoms with Gasteiger partial charge in [-0.25, -0.2) is 0 Å². The van der Waals surface area contributed by atoms with Gasteiger partial charge in [-0.15, -0.1) is 0 Å². The Labute approximate surface area is 184 Å². The van der Waals surface area contributed by atoms with Crippen LogP contribution in [0.5, 0.6) is 17.2 Å². The van der Waals surface area contributed by atoms with Crippen LogP contribution in [0.25, 0.3) is 0 Å². The number of hydrogen-bond acceptors (Lipinski definition) is 5. The minimum absolute atomic E-state index is 0.0292. The summed E-state index contributed by atoms with van der Waals surface area (Å²) in [4.78, 5) is 4.41. The van der Waals surface area contributed by atoms with Crippen LogP contribution in [-0.4, -0.2) is 53.6 Å². The van der Waals surface area contributed by atoms with Gasteiger partial charge in [-0.3, -0.25) is 4.99 Å². The molecule has 1 fully saturated rings. The van der Waals surface area contributed by atoms with Gasteiger partial charge in [-0.05, 0) is 49.6 Å². The molecule has 1 aliphatic heterocycles. The van der Waals surface area contributed by atoms with Gasteiger partial charge in [0.25, 0.3) is 0 Å². The van der Waals surface area contributed by atoms with Crippen LogP contribution in [0.4, 0.5) is 5.69 Å². The largest absolute Gasteiger partial charge is 0.497 e. The van der Waals surface area contributed by atoms with E-state index in [2.05, 4.69) is 27.8 Å². The molecule has 0 amide bonds. The van der Waals surface area contributed by atoms with E-state index in [9.17, 15) is 0 Å². The fourth-order valence-corrected chi connectivity index (χ4v) is 3.87. The molecule has 0 aromatic heterocycles. The quantitative estimate of drug-likeness (QED) is 0.493. The molecule has 1 aliphatic rings. The predicted octanol–water partition coefficient (Wildman–Crippen LogP) is 3.84. The molecule has 0 bridgehead atoms. The highest BCUT2D eigenvalue weighted by molar-refractivity contribution is 5.94. The van der Waals surface area contributed by atoms with Gasteiger partial charge >= 0.3 is 0 Å². The fourth-order valence-electron chi connectivity index (χ4n) is 3.87. The first kappa shape index (κ1) is 22.7. The summed E-state index contributed by atoms with van der Waals surface area (Å²) >= 11 is 0. The second-order valence-electron chi connectivity index (χ2n) is 7.47. The Bertz CT molecular complexity index is 862. The second-order valence-corrected chi connectivity index (χ2v) is 7.47. The maximum absolute atomic E-state index is 5.68. The van der Waals surface area contributed by atoms with Gasteiger partial charge in [-0.1, -0.05) is 12.1 Å². The number of rotatable bonds is 8. The smallest absolute Gasteiger partial charge is 0.195 e. The Morgan fingerprint density at radius 3 is 2.39 bits per heavy atom. The van der Waals surface area contributed by atoms with Crippen LogP contribution in [0.2, 0.25) is 0 Å². The van der Waals surface area contributed by atoms with Gasteiger partial charge in [0.15, 0.2) is 17.5 Å². The Balaban J connectivity index is 1.73. The number of benzene rings is 2. The number of ether oxygens (including phenoxy) is 4. The fraction of sp³-hybridized carbons (Fsp3) is 0.458. The van der Waals surface area contributed by atoms with Crippen molar-refractivity contribution in [1.29, 1.82) is 0 Å². The summed E-state index contributed by atoms with van der Waals surface area (Å²) in [6.45, 7) is 4.76. The van der Waals surface area contributed by atoms with Gasteiger partial charge in [0.1, 0.15) is 5.75 Å². The monoisotopic (exact) mass is 427 g/mol. The summed E-state index contributed by atoms with van der Waals surface area (Å²) in [7, 11) is 5.09. The Morgan fingerprint density at radius 1 is 1.03 bits per heavy atom. The Kier molecular flexibility index (Phi) is 8.00. The van der Waals surface area contributed by atoms with E-state index in [1.807, 2.05) is 37.3 Å². The van der Waals surface area contributed by atoms with Crippen molar-refractivity contribution in [3.05, 3.63) is 48.0 Å². The van der Waals surface area contributed by atoms with Crippen molar-refractivity contribution < 1.29 is 18.9 Å². The number of aliphatic imine (C=N–C) groups is 1. The number of guanidine groups is 1. The molecule has 0 spiro atoms. The lowest BCUT2D eigenvalue weighted by atomic mass is 9.74. The standard InChI is InChI=1S/C24H33N3O4/c1-5-31-22-16-19(8-11-21(22)29-4)27-23(25-2)26-17-24(12-14-30-15-13-24)18-6-9-20(28-3)10-7-18/h6-11,16H,5,12-15,17H2,1-4H3,(H2,25,26,27). The number of nitrogens with zero attached hydrogens (tertiary/aromatic N) is 1. The van der Waals surface area contributed by atoms with E-state index < -0.39 is 0 Å². The molecule has 7 heteroatoms. The van der Waals surface area contributed by atoms with Gasteiger partial charge in [0.2, 0.25) is 0 Å². The van der Waals surface area contributed by atoms with Crippen molar-refractivity contribution in [3.63, 3.8) is 0 Å². The highest BCUT2D eigenvalue weighted by Gasteiger charge is 2.34. The number of methoxy groups -OCH3 is 2. The van der Waals surface area contributed by atoms with Gasteiger partial charge in [0, 0.05) is 44.0 Å². The van der Waals surface area contributed by atoms with E-state index >= 15 is 0 Å². The van der Waals surface area contributed by atoms with Gasteiger partial charge in [-0.2, -0.15) is 0 Å². The van der Waals surface area contributed by atoms with E-state index in [-0.39, 0.29) is 5.41 Å². The maximum atomic E-state index is 5.68. The molecule has 0 radical (unpaired) electrons. The number of hydrogen-bond donors (Lipinski definition) is 2. The highest BCUT2D eigenvalue weighted by Crippen LogP contribution is 2.35. The molecule has 2 aromatic carbocycles. The summed E-state index contributed by atoms with van der Waals surface area (Å²) in [5, 5.41) is 6.87. The maximum Gasteiger partial charge on any atom is 0.195 e. The number of nitrogens with one attached hydrogen (secondary N) is 2. The number of anilines is 1. The topological polar surface area (TPSA) is 73.3 Å². The first-order valence-electron chi connectivity index (χ1n) is 10.6. The average Bonchev–Trinajstić information content (AvgIpc) is 2.83. The van der Waals surface area contributed by atoms with E-state index in [1.165, 1.54) is 5.56 Å². The molecule has 3 rings (SSSR count). The SMILES string of the molecule is CCOc1cc(NC(=NC)NCC2(c3ccc(OC)cc3)CCOCC2)ccc1OC. The summed E-state index contributed by atoms with van der Waals surface area (Å²) in [6.07, 6.45) is 1.89. The molecule has 0 aliphatic carbocycles. The van der Waals surface area contributed by atoms with E-state index in [4.69, 9.17) is 18.9 Å². The molecule has 1 saturated heterocycles. The van der Waals surface area contributed by atoms with Crippen molar-refractivity contribution in [2.45, 2.75) is 25.2 Å². The molecular formula is C24H33N3O4. The molecule has 2 aromatic rings. The molecule has 0 unspecified atom stereocenters. The zero-order valence-electron chi connectivity index (χ0n) is 18.9. The van der Waals surface area contributed by atoms with Crippen molar-refractivity contribution in [3.8, 4) is 17.2 Å². The minimum Gasteiger partial charge on any atom is -0.497 e. The summed E-state index contributed by atoms with van der Waals surface area (Å²) in [5.41, 5.74) is 2.13. The van der Waals surface area contributed by atoms with Crippen LogP contribution < -0.4 is 24.8 Å². The third-order valence-corrected chi connectivity index (χ3v) is 5.70. The lowest BCUT2D eigenvalue weighted by Gasteiger charge is -2.38. The van der Waals surface area contributed by atoms with Crippen LogP contribution in [-0.2, 0) is 10.2 Å². The van der Waals surface area contributed by atoms with Crippen LogP contribution in [0.3, 0.4) is 0 Å². The summed E-state index contributed by atoms with van der Waals surface area (Å²) in [5.74, 6) is 2.97. The third kappa shape index (κ3) is 5.61. The molecule has 7 nitrogen and oxygen atoms in total. The third-order valence-electron chi connectivity index (χ3n) is 5.70. The van der Waals surface area contributed by atoms with E-state index in [0.717, 1.165) is 44.0 Å². The summed E-state index contributed by atoms with van der Waals surface area (Å²) in [6, 6.07) is 14.1. The molecule has 0 saturated carbocycles. The molecule has 31 heavy (non-hydrogen) atoms. The molecule has 1 heterocycles. The minimum atomic E-state index is -0.0292.